The number of nitrogens with zero attached hydrogens (tertiary/aromatic N) is 5. The molecule has 0 bridgehead atoms. The molecule has 1 amide bonds. The number of aromatic nitrogens is 2. The molecule has 1 aromatic heterocycles. The van der Waals surface area contributed by atoms with Crippen LogP contribution in [0.2, 0.25) is 0 Å². The van der Waals surface area contributed by atoms with Gasteiger partial charge in [-0.1, -0.05) is 0 Å². The van der Waals surface area contributed by atoms with Gasteiger partial charge in [0, 0.05) is 43.5 Å². The second kappa shape index (κ2) is 6.85. The first-order chi connectivity index (χ1) is 11.6. The highest BCUT2D eigenvalue weighted by atomic mass is 16.2. The van der Waals surface area contributed by atoms with Gasteiger partial charge in [0.05, 0.1) is 18.2 Å². The first-order valence-corrected chi connectivity index (χ1v) is 8.01. The van der Waals surface area contributed by atoms with Crippen LogP contribution in [0.1, 0.15) is 21.7 Å². The van der Waals surface area contributed by atoms with Crippen LogP contribution >= 0.6 is 0 Å². The van der Waals surface area contributed by atoms with Crippen LogP contribution in [0.25, 0.3) is 0 Å². The van der Waals surface area contributed by atoms with E-state index in [-0.39, 0.29) is 5.91 Å². The van der Waals surface area contributed by atoms with Crippen LogP contribution in [-0.4, -0.2) is 52.4 Å². The smallest absolute Gasteiger partial charge is 0.254 e. The van der Waals surface area contributed by atoms with Gasteiger partial charge in [-0.25, -0.2) is 4.98 Å². The Balaban J connectivity index is 1.84. The molecule has 24 heavy (non-hydrogen) atoms. The molecular weight excluding hydrogens is 302 g/mol. The van der Waals surface area contributed by atoms with E-state index in [4.69, 9.17) is 5.26 Å². The van der Waals surface area contributed by atoms with Crippen molar-refractivity contribution in [2.75, 3.05) is 27.2 Å². The van der Waals surface area contributed by atoms with Crippen LogP contribution < -0.4 is 0 Å². The molecule has 1 atom stereocenters. The van der Waals surface area contributed by atoms with E-state index in [0.717, 1.165) is 18.9 Å². The fraction of sp³-hybridized carbons (Fsp3) is 0.389. The summed E-state index contributed by atoms with van der Waals surface area (Å²) in [6, 6.07) is 8.89. The normalized spacial score (nSPS) is 17.2. The van der Waals surface area contributed by atoms with Gasteiger partial charge in [0.1, 0.15) is 5.82 Å². The molecule has 124 valence electrons. The lowest BCUT2D eigenvalue weighted by molar-refractivity contribution is 0.0710. The topological polar surface area (TPSA) is 65.2 Å². The van der Waals surface area contributed by atoms with E-state index < -0.39 is 0 Å². The maximum absolute atomic E-state index is 12.9. The molecule has 1 aliphatic heterocycles. The van der Waals surface area contributed by atoms with E-state index in [2.05, 4.69) is 20.5 Å². The maximum Gasteiger partial charge on any atom is 0.254 e. The molecule has 2 heterocycles. The van der Waals surface area contributed by atoms with Gasteiger partial charge >= 0.3 is 0 Å². The van der Waals surface area contributed by atoms with Crippen LogP contribution in [0.3, 0.4) is 0 Å². The quantitative estimate of drug-likeness (QED) is 0.860. The van der Waals surface area contributed by atoms with Crippen molar-refractivity contribution in [1.29, 1.82) is 5.26 Å². The van der Waals surface area contributed by atoms with Crippen LogP contribution in [0.5, 0.6) is 0 Å². The summed E-state index contributed by atoms with van der Waals surface area (Å²) in [7, 11) is 4.10. The molecule has 6 nitrogen and oxygen atoms in total. The molecule has 0 radical (unpaired) electrons. The third-order valence-corrected chi connectivity index (χ3v) is 4.24. The molecule has 0 saturated carbocycles. The second-order valence-corrected chi connectivity index (χ2v) is 6.50. The zero-order chi connectivity index (χ0) is 17.1. The third kappa shape index (κ3) is 3.47. The Bertz CT molecular complexity index is 756. The van der Waals surface area contributed by atoms with Crippen molar-refractivity contribution in [3.63, 3.8) is 0 Å². The van der Waals surface area contributed by atoms with Gasteiger partial charge in [0.2, 0.25) is 0 Å². The number of rotatable bonds is 3. The average molecular weight is 323 g/mol. The van der Waals surface area contributed by atoms with Crippen molar-refractivity contribution in [3.05, 3.63) is 53.6 Å². The van der Waals surface area contributed by atoms with Crippen molar-refractivity contribution >= 4 is 5.91 Å². The van der Waals surface area contributed by atoms with Crippen LogP contribution in [0, 0.1) is 17.2 Å². The van der Waals surface area contributed by atoms with E-state index >= 15 is 0 Å². The second-order valence-electron chi connectivity index (χ2n) is 6.50. The van der Waals surface area contributed by atoms with E-state index in [1.165, 1.54) is 0 Å². The van der Waals surface area contributed by atoms with Gasteiger partial charge in [0.25, 0.3) is 5.91 Å². The Morgan fingerprint density at radius 2 is 2.08 bits per heavy atom. The van der Waals surface area contributed by atoms with Gasteiger partial charge < -0.3 is 14.4 Å². The standard InChI is InChI=1S/C18H21N5O/c1-21(2)10-15-11-22-8-7-20-17(22)13-23(12-15)18(24)16-5-3-14(9-19)4-6-16/h3-8,15H,10-13H2,1-2H3/t15-/m0/s1. The maximum atomic E-state index is 12.9. The molecule has 0 spiro atoms. The number of amides is 1. The molecule has 0 unspecified atom stereocenters. The van der Waals surface area contributed by atoms with Gasteiger partial charge in [-0.05, 0) is 38.4 Å². The Kier molecular flexibility index (Phi) is 4.63. The molecule has 0 aliphatic carbocycles. The van der Waals surface area contributed by atoms with E-state index in [9.17, 15) is 4.79 Å². The number of hydrogen-bond acceptors (Lipinski definition) is 4. The van der Waals surface area contributed by atoms with Crippen LogP contribution in [0.15, 0.2) is 36.7 Å². The lowest BCUT2D eigenvalue weighted by Gasteiger charge is -2.26. The molecule has 2 aromatic rings. The van der Waals surface area contributed by atoms with Gasteiger partial charge in [-0.15, -0.1) is 0 Å². The summed E-state index contributed by atoms with van der Waals surface area (Å²) >= 11 is 0. The molecule has 3 rings (SSSR count). The zero-order valence-corrected chi connectivity index (χ0v) is 14.0. The lowest BCUT2D eigenvalue weighted by atomic mass is 10.1. The number of hydrogen-bond donors (Lipinski definition) is 0. The average Bonchev–Trinajstić information content (AvgIpc) is 2.92. The Hall–Kier alpha value is -2.65. The van der Waals surface area contributed by atoms with Crippen molar-refractivity contribution in [2.24, 2.45) is 5.92 Å². The summed E-state index contributed by atoms with van der Waals surface area (Å²) in [6.07, 6.45) is 3.77. The van der Waals surface area contributed by atoms with Crippen molar-refractivity contribution < 1.29 is 4.79 Å². The fourth-order valence-corrected chi connectivity index (χ4v) is 3.20. The number of carbonyl (C=O) groups excluding carboxylic acids is 1. The zero-order valence-electron chi connectivity index (χ0n) is 14.0. The van der Waals surface area contributed by atoms with Gasteiger partial charge in [0.15, 0.2) is 0 Å². The SMILES string of the molecule is CN(C)C[C@@H]1CN(C(=O)c2ccc(C#N)cc2)Cc2nccn2C1. The third-order valence-electron chi connectivity index (χ3n) is 4.24. The molecule has 1 aliphatic rings. The minimum atomic E-state index is -0.0142. The summed E-state index contributed by atoms with van der Waals surface area (Å²) in [5.74, 6) is 1.25. The summed E-state index contributed by atoms with van der Waals surface area (Å²) in [5.41, 5.74) is 1.17. The number of benzene rings is 1. The Morgan fingerprint density at radius 3 is 2.75 bits per heavy atom. The Labute approximate surface area is 141 Å². The van der Waals surface area contributed by atoms with E-state index in [0.29, 0.717) is 30.1 Å². The van der Waals surface area contributed by atoms with Gasteiger partial charge in [-0.3, -0.25) is 4.79 Å². The molecule has 0 fully saturated rings. The monoisotopic (exact) mass is 323 g/mol. The molecule has 0 saturated heterocycles. The van der Waals surface area contributed by atoms with Crippen molar-refractivity contribution in [3.8, 4) is 6.07 Å². The molecular formula is C18H21N5O. The number of nitriles is 1. The van der Waals surface area contributed by atoms with Crippen molar-refractivity contribution in [1.82, 2.24) is 19.4 Å². The van der Waals surface area contributed by atoms with Crippen LogP contribution in [-0.2, 0) is 13.1 Å². The number of imidazole rings is 1. The molecule has 1 aromatic carbocycles. The fourth-order valence-electron chi connectivity index (χ4n) is 3.20. The summed E-state index contributed by atoms with van der Waals surface area (Å²) in [4.78, 5) is 21.3. The highest BCUT2D eigenvalue weighted by molar-refractivity contribution is 5.94. The summed E-state index contributed by atoms with van der Waals surface area (Å²) < 4.78 is 2.14. The largest absolute Gasteiger partial charge is 0.333 e. The minimum Gasteiger partial charge on any atom is -0.333 e. The number of carbonyl (C=O) groups is 1. The highest BCUT2D eigenvalue weighted by Crippen LogP contribution is 2.18. The lowest BCUT2D eigenvalue weighted by Crippen LogP contribution is -2.37. The van der Waals surface area contributed by atoms with E-state index in [1.54, 1.807) is 30.5 Å². The van der Waals surface area contributed by atoms with E-state index in [1.807, 2.05) is 25.2 Å². The minimum absolute atomic E-state index is 0.0142. The first-order valence-electron chi connectivity index (χ1n) is 8.01. The van der Waals surface area contributed by atoms with Crippen molar-refractivity contribution in [2.45, 2.75) is 13.1 Å². The predicted octanol–water partition coefficient (Wildman–Crippen LogP) is 1.59. The van der Waals surface area contributed by atoms with Crippen LogP contribution in [0.4, 0.5) is 0 Å². The molecule has 0 N–H and O–H groups in total. The number of fused-ring (bicyclic) bond motifs is 1. The predicted molar refractivity (Wildman–Crippen MR) is 90.2 cm³/mol. The highest BCUT2D eigenvalue weighted by Gasteiger charge is 2.26. The summed E-state index contributed by atoms with van der Waals surface area (Å²) in [6.45, 7) is 2.98. The van der Waals surface area contributed by atoms with Gasteiger partial charge in [-0.2, -0.15) is 5.26 Å². The molecule has 6 heteroatoms. The summed E-state index contributed by atoms with van der Waals surface area (Å²) in [5, 5.41) is 8.90. The first kappa shape index (κ1) is 16.2. The Morgan fingerprint density at radius 1 is 1.33 bits per heavy atom.